The van der Waals surface area contributed by atoms with E-state index in [4.69, 9.17) is 14.7 Å². The van der Waals surface area contributed by atoms with Crippen molar-refractivity contribution in [1.29, 1.82) is 0 Å². The van der Waals surface area contributed by atoms with Crippen molar-refractivity contribution in [2.75, 3.05) is 24.6 Å². The van der Waals surface area contributed by atoms with Gasteiger partial charge >= 0.3 is 0 Å². The van der Waals surface area contributed by atoms with Gasteiger partial charge in [0.1, 0.15) is 11.6 Å². The molecule has 134 valence electrons. The number of aromatic nitrogens is 2. The zero-order chi connectivity index (χ0) is 17.9. The molecule has 0 saturated carbocycles. The van der Waals surface area contributed by atoms with Gasteiger partial charge in [0.15, 0.2) is 5.82 Å². The molecule has 1 aliphatic heterocycles. The highest BCUT2D eigenvalue weighted by Gasteiger charge is 2.21. The third kappa shape index (κ3) is 3.36. The Balaban J connectivity index is 1.78. The van der Waals surface area contributed by atoms with Gasteiger partial charge in [0.25, 0.3) is 0 Å². The van der Waals surface area contributed by atoms with Crippen molar-refractivity contribution in [1.82, 2.24) is 9.97 Å². The lowest BCUT2D eigenvalue weighted by molar-refractivity contribution is 0.340. The van der Waals surface area contributed by atoms with Gasteiger partial charge in [-0.2, -0.15) is 0 Å². The van der Waals surface area contributed by atoms with E-state index >= 15 is 0 Å². The lowest BCUT2D eigenvalue weighted by Gasteiger charge is -2.32. The predicted molar refractivity (Wildman–Crippen MR) is 107 cm³/mol. The largest absolute Gasteiger partial charge is 0.494 e. The molecule has 4 heteroatoms. The lowest BCUT2D eigenvalue weighted by atomic mass is 10.00. The molecule has 1 aromatic heterocycles. The lowest BCUT2D eigenvalue weighted by Crippen LogP contribution is -2.35. The van der Waals surface area contributed by atoms with Crippen molar-refractivity contribution >= 4 is 16.7 Å². The van der Waals surface area contributed by atoms with Crippen LogP contribution in [-0.2, 0) is 0 Å². The molecule has 0 bridgehead atoms. The molecule has 0 aliphatic carbocycles. The maximum atomic E-state index is 5.55. The van der Waals surface area contributed by atoms with Crippen LogP contribution in [0.25, 0.3) is 22.3 Å². The number of anilines is 1. The molecule has 1 unspecified atom stereocenters. The second-order valence-electron chi connectivity index (χ2n) is 7.04. The highest BCUT2D eigenvalue weighted by molar-refractivity contribution is 5.91. The smallest absolute Gasteiger partial charge is 0.162 e. The summed E-state index contributed by atoms with van der Waals surface area (Å²) < 4.78 is 5.55. The number of fused-ring (bicyclic) bond motifs is 1. The van der Waals surface area contributed by atoms with Crippen LogP contribution in [0, 0.1) is 5.92 Å². The monoisotopic (exact) mass is 347 g/mol. The zero-order valence-electron chi connectivity index (χ0n) is 15.5. The molecular weight excluding hydrogens is 322 g/mol. The average molecular weight is 347 g/mol. The highest BCUT2D eigenvalue weighted by atomic mass is 16.5. The van der Waals surface area contributed by atoms with Crippen LogP contribution in [0.3, 0.4) is 0 Å². The van der Waals surface area contributed by atoms with E-state index in [0.29, 0.717) is 12.5 Å². The number of hydrogen-bond donors (Lipinski definition) is 0. The second kappa shape index (κ2) is 7.32. The van der Waals surface area contributed by atoms with Gasteiger partial charge in [0.05, 0.1) is 12.1 Å². The number of ether oxygens (including phenoxy) is 1. The summed E-state index contributed by atoms with van der Waals surface area (Å²) in [7, 11) is 0. The Morgan fingerprint density at radius 3 is 2.65 bits per heavy atom. The molecule has 0 N–H and O–H groups in total. The Morgan fingerprint density at radius 1 is 1.08 bits per heavy atom. The summed E-state index contributed by atoms with van der Waals surface area (Å²) in [4.78, 5) is 12.2. The normalized spacial score (nSPS) is 17.5. The first-order valence-electron chi connectivity index (χ1n) is 9.49. The van der Waals surface area contributed by atoms with Gasteiger partial charge in [0, 0.05) is 24.0 Å². The van der Waals surface area contributed by atoms with Gasteiger partial charge in [-0.3, -0.25) is 0 Å². The van der Waals surface area contributed by atoms with E-state index in [1.165, 1.54) is 12.8 Å². The maximum Gasteiger partial charge on any atom is 0.162 e. The van der Waals surface area contributed by atoms with Crippen molar-refractivity contribution in [2.24, 2.45) is 5.92 Å². The van der Waals surface area contributed by atoms with Crippen molar-refractivity contribution in [3.8, 4) is 17.1 Å². The van der Waals surface area contributed by atoms with Crippen LogP contribution in [-0.4, -0.2) is 29.7 Å². The van der Waals surface area contributed by atoms with E-state index in [-0.39, 0.29) is 0 Å². The SMILES string of the molecule is CCOc1ccc(-c2nc(N3CCCC(C)C3)c3ccccc3n2)cc1. The van der Waals surface area contributed by atoms with E-state index in [9.17, 15) is 0 Å². The van der Waals surface area contributed by atoms with E-state index < -0.39 is 0 Å². The van der Waals surface area contributed by atoms with Crippen LogP contribution in [0.4, 0.5) is 5.82 Å². The summed E-state index contributed by atoms with van der Waals surface area (Å²) in [5.41, 5.74) is 2.02. The molecule has 3 aromatic rings. The number of rotatable bonds is 4. The minimum Gasteiger partial charge on any atom is -0.494 e. The molecule has 4 nitrogen and oxygen atoms in total. The van der Waals surface area contributed by atoms with Crippen LogP contribution in [0.1, 0.15) is 26.7 Å². The molecule has 1 atom stereocenters. The molecule has 0 spiro atoms. The minimum absolute atomic E-state index is 0.670. The molecule has 0 radical (unpaired) electrons. The summed E-state index contributed by atoms with van der Waals surface area (Å²) in [6.45, 7) is 7.11. The van der Waals surface area contributed by atoms with E-state index in [1.54, 1.807) is 0 Å². The number of para-hydroxylation sites is 1. The summed E-state index contributed by atoms with van der Waals surface area (Å²) >= 11 is 0. The predicted octanol–water partition coefficient (Wildman–Crippen LogP) is 4.93. The molecule has 2 aromatic carbocycles. The fourth-order valence-electron chi connectivity index (χ4n) is 3.68. The third-order valence-electron chi connectivity index (χ3n) is 4.96. The Labute approximate surface area is 154 Å². The molecule has 26 heavy (non-hydrogen) atoms. The minimum atomic E-state index is 0.670. The van der Waals surface area contributed by atoms with E-state index in [1.807, 2.05) is 37.3 Å². The van der Waals surface area contributed by atoms with E-state index in [2.05, 4.69) is 30.0 Å². The first kappa shape index (κ1) is 16.8. The molecular formula is C22H25N3O. The third-order valence-corrected chi connectivity index (χ3v) is 4.96. The molecule has 0 amide bonds. The van der Waals surface area contributed by atoms with Crippen LogP contribution in [0.15, 0.2) is 48.5 Å². The number of piperidine rings is 1. The second-order valence-corrected chi connectivity index (χ2v) is 7.04. The first-order chi connectivity index (χ1) is 12.7. The summed E-state index contributed by atoms with van der Waals surface area (Å²) in [6.07, 6.45) is 2.52. The molecule has 1 aliphatic rings. The van der Waals surface area contributed by atoms with Crippen LogP contribution >= 0.6 is 0 Å². The van der Waals surface area contributed by atoms with Gasteiger partial charge in [-0.05, 0) is 62.1 Å². The molecule has 4 rings (SSSR count). The standard InChI is InChI=1S/C22H25N3O/c1-3-26-18-12-10-17(11-13-18)21-23-20-9-5-4-8-19(20)22(24-21)25-14-6-7-16(2)15-25/h4-5,8-13,16H,3,6-7,14-15H2,1-2H3. The van der Waals surface area contributed by atoms with Crippen molar-refractivity contribution < 1.29 is 4.74 Å². The maximum absolute atomic E-state index is 5.55. The Bertz CT molecular complexity index is 892. The van der Waals surface area contributed by atoms with Gasteiger partial charge in [0.2, 0.25) is 0 Å². The molecule has 2 heterocycles. The number of nitrogens with zero attached hydrogens (tertiary/aromatic N) is 3. The van der Waals surface area contributed by atoms with Crippen LogP contribution in [0.5, 0.6) is 5.75 Å². The van der Waals surface area contributed by atoms with Gasteiger partial charge < -0.3 is 9.64 Å². The first-order valence-corrected chi connectivity index (χ1v) is 9.49. The number of hydrogen-bond acceptors (Lipinski definition) is 4. The Kier molecular flexibility index (Phi) is 4.74. The average Bonchev–Trinajstić information content (AvgIpc) is 2.68. The fourth-order valence-corrected chi connectivity index (χ4v) is 3.68. The highest BCUT2D eigenvalue weighted by Crippen LogP contribution is 2.30. The number of benzene rings is 2. The van der Waals surface area contributed by atoms with Crippen LogP contribution in [0.2, 0.25) is 0 Å². The molecule has 1 fully saturated rings. The van der Waals surface area contributed by atoms with Crippen molar-refractivity contribution in [3.63, 3.8) is 0 Å². The Morgan fingerprint density at radius 2 is 1.88 bits per heavy atom. The zero-order valence-corrected chi connectivity index (χ0v) is 15.5. The topological polar surface area (TPSA) is 38.2 Å². The van der Waals surface area contributed by atoms with Crippen molar-refractivity contribution in [3.05, 3.63) is 48.5 Å². The summed E-state index contributed by atoms with van der Waals surface area (Å²) in [5.74, 6) is 3.42. The quantitative estimate of drug-likeness (QED) is 0.670. The fraction of sp³-hybridized carbons (Fsp3) is 0.364. The van der Waals surface area contributed by atoms with Gasteiger partial charge in [-0.25, -0.2) is 9.97 Å². The van der Waals surface area contributed by atoms with Crippen molar-refractivity contribution in [2.45, 2.75) is 26.7 Å². The van der Waals surface area contributed by atoms with Gasteiger partial charge in [-0.15, -0.1) is 0 Å². The van der Waals surface area contributed by atoms with Crippen LogP contribution < -0.4 is 9.64 Å². The Hall–Kier alpha value is -2.62. The molecule has 1 saturated heterocycles. The summed E-state index contributed by atoms with van der Waals surface area (Å²) in [5, 5.41) is 1.14. The summed E-state index contributed by atoms with van der Waals surface area (Å²) in [6, 6.07) is 16.4. The van der Waals surface area contributed by atoms with E-state index in [0.717, 1.165) is 46.9 Å². The van der Waals surface area contributed by atoms with Gasteiger partial charge in [-0.1, -0.05) is 19.1 Å².